The van der Waals surface area contributed by atoms with Crippen molar-refractivity contribution < 1.29 is 9.84 Å². The third-order valence-corrected chi connectivity index (χ3v) is 4.69. The first-order valence-corrected chi connectivity index (χ1v) is 5.64. The van der Waals surface area contributed by atoms with Crippen LogP contribution in [0, 0.1) is 11.3 Å². The summed E-state index contributed by atoms with van der Waals surface area (Å²) in [6.07, 6.45) is 1.76. The Kier molecular flexibility index (Phi) is 1.89. The van der Waals surface area contributed by atoms with Crippen LogP contribution in [0.2, 0.25) is 0 Å². The number of aliphatic hydroxyl groups excluding tert-OH is 1. The van der Waals surface area contributed by atoms with Gasteiger partial charge in [0.25, 0.3) is 0 Å². The summed E-state index contributed by atoms with van der Waals surface area (Å²) in [4.78, 5) is 0. The second kappa shape index (κ2) is 2.53. The molecule has 2 fully saturated rings. The molecule has 2 nitrogen and oxygen atoms in total. The quantitative estimate of drug-likeness (QED) is 0.701. The summed E-state index contributed by atoms with van der Waals surface area (Å²) in [6, 6.07) is 0. The minimum Gasteiger partial charge on any atom is -0.389 e. The van der Waals surface area contributed by atoms with Crippen molar-refractivity contribution in [1.82, 2.24) is 0 Å². The van der Waals surface area contributed by atoms with E-state index in [2.05, 4.69) is 34.6 Å². The molecule has 0 radical (unpaired) electrons. The predicted octanol–water partition coefficient (Wildman–Crippen LogP) is 2.35. The summed E-state index contributed by atoms with van der Waals surface area (Å²) in [7, 11) is 0. The lowest BCUT2D eigenvalue weighted by atomic mass is 9.60. The van der Waals surface area contributed by atoms with Gasteiger partial charge in [-0.2, -0.15) is 0 Å². The van der Waals surface area contributed by atoms with Gasteiger partial charge >= 0.3 is 0 Å². The van der Waals surface area contributed by atoms with E-state index >= 15 is 0 Å². The summed E-state index contributed by atoms with van der Waals surface area (Å²) in [5.41, 5.74) is -0.525. The number of ether oxygens (including phenoxy) is 1. The number of aliphatic hydroxyl groups is 1. The van der Waals surface area contributed by atoms with Crippen LogP contribution in [0.25, 0.3) is 0 Å². The zero-order valence-electron chi connectivity index (χ0n) is 9.92. The van der Waals surface area contributed by atoms with Gasteiger partial charge in [0.05, 0.1) is 17.3 Å². The van der Waals surface area contributed by atoms with Gasteiger partial charge in [0, 0.05) is 5.41 Å². The highest BCUT2D eigenvalue weighted by Crippen LogP contribution is 2.62. The Bertz CT molecular complexity index is 259. The largest absolute Gasteiger partial charge is 0.389 e. The van der Waals surface area contributed by atoms with Crippen LogP contribution in [-0.4, -0.2) is 22.4 Å². The number of rotatable bonds is 1. The van der Waals surface area contributed by atoms with Crippen molar-refractivity contribution in [2.24, 2.45) is 11.3 Å². The second-order valence-electron chi connectivity index (χ2n) is 6.08. The monoisotopic (exact) mass is 198 g/mol. The number of hydrogen-bond acceptors (Lipinski definition) is 2. The summed E-state index contributed by atoms with van der Waals surface area (Å²) in [5, 5.41) is 10.3. The van der Waals surface area contributed by atoms with Gasteiger partial charge in [-0.05, 0) is 25.7 Å². The van der Waals surface area contributed by atoms with Gasteiger partial charge in [-0.3, -0.25) is 0 Å². The summed E-state index contributed by atoms with van der Waals surface area (Å²) in [6.45, 7) is 10.7. The van der Waals surface area contributed by atoms with Gasteiger partial charge in [0.1, 0.15) is 0 Å². The molecule has 0 saturated carbocycles. The van der Waals surface area contributed by atoms with Crippen LogP contribution in [0.15, 0.2) is 0 Å². The maximum absolute atomic E-state index is 10.3. The average Bonchev–Trinajstić information content (AvgIpc) is 2.49. The molecule has 2 rings (SSSR count). The Balaban J connectivity index is 2.46. The van der Waals surface area contributed by atoms with Crippen LogP contribution >= 0.6 is 0 Å². The molecule has 0 aromatic heterocycles. The normalized spacial score (nSPS) is 50.4. The van der Waals surface area contributed by atoms with E-state index in [4.69, 9.17) is 4.74 Å². The molecule has 2 saturated heterocycles. The first-order chi connectivity index (χ1) is 6.26. The molecule has 0 spiro atoms. The smallest absolute Gasteiger partial charge is 0.0927 e. The zero-order chi connectivity index (χ0) is 10.8. The van der Waals surface area contributed by atoms with E-state index in [1.807, 2.05) is 0 Å². The highest BCUT2D eigenvalue weighted by atomic mass is 16.6. The Hall–Kier alpha value is -0.0800. The van der Waals surface area contributed by atoms with Crippen LogP contribution in [0.1, 0.15) is 47.5 Å². The Morgan fingerprint density at radius 2 is 1.79 bits per heavy atom. The molecule has 2 aliphatic heterocycles. The van der Waals surface area contributed by atoms with Crippen LogP contribution < -0.4 is 0 Å². The van der Waals surface area contributed by atoms with Crippen molar-refractivity contribution in [3.63, 3.8) is 0 Å². The maximum atomic E-state index is 10.3. The lowest BCUT2D eigenvalue weighted by Crippen LogP contribution is -2.52. The fraction of sp³-hybridized carbons (Fsp3) is 1.00. The van der Waals surface area contributed by atoms with E-state index < -0.39 is 0 Å². The predicted molar refractivity (Wildman–Crippen MR) is 56.1 cm³/mol. The van der Waals surface area contributed by atoms with E-state index in [-0.39, 0.29) is 22.7 Å². The summed E-state index contributed by atoms with van der Waals surface area (Å²) in [5.74, 6) is 0.469. The maximum Gasteiger partial charge on any atom is 0.0927 e. The Labute approximate surface area is 86.6 Å². The van der Waals surface area contributed by atoms with Crippen LogP contribution in [0.4, 0.5) is 0 Å². The molecule has 2 aliphatic rings. The van der Waals surface area contributed by atoms with E-state index in [0.717, 1.165) is 12.8 Å². The lowest BCUT2D eigenvalue weighted by Gasteiger charge is -2.45. The highest BCUT2D eigenvalue weighted by Gasteiger charge is 2.69. The average molecular weight is 198 g/mol. The van der Waals surface area contributed by atoms with Crippen molar-refractivity contribution in [3.8, 4) is 0 Å². The molecule has 3 unspecified atom stereocenters. The third kappa shape index (κ3) is 0.892. The van der Waals surface area contributed by atoms with Gasteiger partial charge in [0.15, 0.2) is 0 Å². The summed E-state index contributed by atoms with van der Waals surface area (Å²) < 4.78 is 6.19. The Morgan fingerprint density at radius 3 is 2.07 bits per heavy atom. The van der Waals surface area contributed by atoms with Crippen molar-refractivity contribution in [3.05, 3.63) is 0 Å². The SMILES string of the molecule is CC(C)C12CCC(C)(O1)C(O)C2(C)C. The Morgan fingerprint density at radius 1 is 1.21 bits per heavy atom. The van der Waals surface area contributed by atoms with Crippen molar-refractivity contribution in [1.29, 1.82) is 0 Å². The van der Waals surface area contributed by atoms with Gasteiger partial charge in [-0.1, -0.05) is 27.7 Å². The number of hydrogen-bond donors (Lipinski definition) is 1. The van der Waals surface area contributed by atoms with E-state index in [0.29, 0.717) is 5.92 Å². The van der Waals surface area contributed by atoms with E-state index in [1.54, 1.807) is 0 Å². The highest BCUT2D eigenvalue weighted by molar-refractivity contribution is 5.18. The molecule has 2 bridgehead atoms. The molecule has 3 atom stereocenters. The van der Waals surface area contributed by atoms with Crippen LogP contribution in [0.3, 0.4) is 0 Å². The summed E-state index contributed by atoms with van der Waals surface area (Å²) >= 11 is 0. The minimum atomic E-state index is -0.328. The van der Waals surface area contributed by atoms with Crippen molar-refractivity contribution >= 4 is 0 Å². The van der Waals surface area contributed by atoms with Crippen LogP contribution in [0.5, 0.6) is 0 Å². The molecule has 14 heavy (non-hydrogen) atoms. The van der Waals surface area contributed by atoms with Gasteiger partial charge in [-0.25, -0.2) is 0 Å². The minimum absolute atomic E-state index is 0.110. The van der Waals surface area contributed by atoms with Crippen molar-refractivity contribution in [2.45, 2.75) is 64.8 Å². The molecule has 0 aromatic rings. The van der Waals surface area contributed by atoms with E-state index in [9.17, 15) is 5.11 Å². The molecule has 2 heterocycles. The van der Waals surface area contributed by atoms with Gasteiger partial charge < -0.3 is 9.84 Å². The number of fused-ring (bicyclic) bond motifs is 2. The molecule has 0 aromatic carbocycles. The topological polar surface area (TPSA) is 29.5 Å². The van der Waals surface area contributed by atoms with Gasteiger partial charge in [0.2, 0.25) is 0 Å². The molecule has 1 N–H and O–H groups in total. The second-order valence-corrected chi connectivity index (χ2v) is 6.08. The third-order valence-electron chi connectivity index (χ3n) is 4.69. The fourth-order valence-corrected chi connectivity index (χ4v) is 3.74. The molecule has 82 valence electrons. The molecule has 0 aliphatic carbocycles. The zero-order valence-corrected chi connectivity index (χ0v) is 9.92. The molecule has 2 heteroatoms. The standard InChI is InChI=1S/C12H22O2/c1-8(2)12-7-6-11(5,14-12)9(13)10(12,3)4/h8-9,13H,6-7H2,1-5H3. The fourth-order valence-electron chi connectivity index (χ4n) is 3.74. The van der Waals surface area contributed by atoms with Gasteiger partial charge in [-0.15, -0.1) is 0 Å². The molecular formula is C12H22O2. The van der Waals surface area contributed by atoms with Crippen LogP contribution in [-0.2, 0) is 4.74 Å². The van der Waals surface area contributed by atoms with E-state index in [1.165, 1.54) is 0 Å². The van der Waals surface area contributed by atoms with Crippen molar-refractivity contribution in [2.75, 3.05) is 0 Å². The first-order valence-electron chi connectivity index (χ1n) is 5.64. The lowest BCUT2D eigenvalue weighted by molar-refractivity contribution is -0.0961. The molecular weight excluding hydrogens is 176 g/mol. The molecule has 0 amide bonds. The first kappa shape index (κ1) is 10.4.